The fraction of sp³-hybridized carbons (Fsp3) is 0.333. The lowest BCUT2D eigenvalue weighted by molar-refractivity contribution is -0.129. The molecule has 154 valence electrons. The number of likely N-dealkylation sites (tertiary alicyclic amines) is 1. The van der Waals surface area contributed by atoms with Gasteiger partial charge in [-0.3, -0.25) is 4.79 Å². The van der Waals surface area contributed by atoms with E-state index in [1.165, 1.54) is 29.3 Å². The van der Waals surface area contributed by atoms with Crippen LogP contribution in [-0.2, 0) is 4.79 Å². The molecule has 0 atom stereocenters. The molecule has 5 nitrogen and oxygen atoms in total. The molecule has 0 radical (unpaired) electrons. The van der Waals surface area contributed by atoms with Gasteiger partial charge in [-0.25, -0.2) is 4.98 Å². The van der Waals surface area contributed by atoms with E-state index in [1.807, 2.05) is 17.0 Å². The van der Waals surface area contributed by atoms with Gasteiger partial charge in [0, 0.05) is 24.2 Å². The van der Waals surface area contributed by atoms with Gasteiger partial charge in [-0.1, -0.05) is 71.4 Å². The Morgan fingerprint density at radius 1 is 0.833 bits per heavy atom. The molecule has 0 unspecified atom stereocenters. The Balaban J connectivity index is 1.61. The molecule has 2 aromatic carbocycles. The first kappa shape index (κ1) is 20.5. The van der Waals surface area contributed by atoms with Gasteiger partial charge in [-0.05, 0) is 33.1 Å². The average Bonchev–Trinajstić information content (AvgIpc) is 2.79. The quantitative estimate of drug-likeness (QED) is 0.550. The lowest BCUT2D eigenvalue weighted by Crippen LogP contribution is -2.36. The van der Waals surface area contributed by atoms with Crippen molar-refractivity contribution in [2.75, 3.05) is 18.8 Å². The van der Waals surface area contributed by atoms with E-state index in [0.29, 0.717) is 10.9 Å². The number of nitrogens with zero attached hydrogens (tertiary/aromatic N) is 4. The molecule has 1 aliphatic heterocycles. The zero-order valence-corrected chi connectivity index (χ0v) is 18.3. The minimum atomic E-state index is 0.155. The third-order valence-corrected chi connectivity index (χ3v) is 6.17. The molecule has 0 saturated carbocycles. The van der Waals surface area contributed by atoms with Crippen LogP contribution in [0.3, 0.4) is 0 Å². The van der Waals surface area contributed by atoms with Crippen LogP contribution < -0.4 is 0 Å². The first-order chi connectivity index (χ1) is 14.6. The van der Waals surface area contributed by atoms with E-state index in [4.69, 9.17) is 4.98 Å². The average molecular weight is 419 g/mol. The Hall–Kier alpha value is -2.73. The summed E-state index contributed by atoms with van der Waals surface area (Å²) in [6.07, 6.45) is 3.40. The normalized spacial score (nSPS) is 14.0. The Morgan fingerprint density at radius 3 is 2.00 bits per heavy atom. The van der Waals surface area contributed by atoms with Crippen LogP contribution in [0.5, 0.6) is 0 Å². The van der Waals surface area contributed by atoms with Gasteiger partial charge in [-0.2, -0.15) is 0 Å². The van der Waals surface area contributed by atoms with Gasteiger partial charge in [0.05, 0.1) is 5.75 Å². The molecule has 1 aromatic heterocycles. The Kier molecular flexibility index (Phi) is 6.43. The molecular formula is C24H26N4OS. The molecule has 4 rings (SSSR count). The van der Waals surface area contributed by atoms with E-state index in [-0.39, 0.29) is 5.91 Å². The molecule has 0 bridgehead atoms. The first-order valence-corrected chi connectivity index (χ1v) is 11.4. The number of hydrogen-bond donors (Lipinski definition) is 0. The van der Waals surface area contributed by atoms with Crippen molar-refractivity contribution in [2.45, 2.75) is 38.3 Å². The highest BCUT2D eigenvalue weighted by Crippen LogP contribution is 2.30. The molecule has 6 heteroatoms. The topological polar surface area (TPSA) is 59.0 Å². The molecule has 1 aliphatic rings. The second kappa shape index (κ2) is 9.39. The number of piperidine rings is 1. The maximum absolute atomic E-state index is 12.5. The number of carbonyl (C=O) groups excluding carboxylic acids is 1. The van der Waals surface area contributed by atoms with Crippen molar-refractivity contribution in [3.63, 3.8) is 0 Å². The van der Waals surface area contributed by atoms with Gasteiger partial charge < -0.3 is 4.90 Å². The zero-order valence-electron chi connectivity index (χ0n) is 17.5. The molecule has 3 aromatic rings. The predicted octanol–water partition coefficient (Wildman–Crippen LogP) is 4.93. The Morgan fingerprint density at radius 2 is 1.40 bits per heavy atom. The summed E-state index contributed by atoms with van der Waals surface area (Å²) in [5, 5.41) is 9.37. The number of carbonyl (C=O) groups is 1. The van der Waals surface area contributed by atoms with Gasteiger partial charge in [0.25, 0.3) is 0 Å². The third-order valence-electron chi connectivity index (χ3n) is 5.35. The monoisotopic (exact) mass is 418 g/mol. The Labute approximate surface area is 181 Å². The van der Waals surface area contributed by atoms with E-state index in [1.54, 1.807) is 0 Å². The molecule has 30 heavy (non-hydrogen) atoms. The molecule has 0 N–H and O–H groups in total. The van der Waals surface area contributed by atoms with Gasteiger partial charge in [-0.15, -0.1) is 10.2 Å². The first-order valence-electron chi connectivity index (χ1n) is 10.4. The highest BCUT2D eigenvalue weighted by atomic mass is 32.2. The molecule has 1 saturated heterocycles. The van der Waals surface area contributed by atoms with Gasteiger partial charge in [0.15, 0.2) is 0 Å². The lowest BCUT2D eigenvalue weighted by atomic mass is 10.0. The van der Waals surface area contributed by atoms with E-state index < -0.39 is 0 Å². The fourth-order valence-corrected chi connectivity index (χ4v) is 4.24. The summed E-state index contributed by atoms with van der Waals surface area (Å²) in [5.41, 5.74) is 5.92. The maximum atomic E-state index is 12.5. The van der Waals surface area contributed by atoms with Crippen molar-refractivity contribution in [3.8, 4) is 22.5 Å². The highest BCUT2D eigenvalue weighted by molar-refractivity contribution is 7.99. The SMILES string of the molecule is Cc1ccc(-c2nnc(SCC(=O)N3CCCCC3)nc2-c2ccc(C)cc2)cc1. The van der Waals surface area contributed by atoms with Crippen LogP contribution in [0.1, 0.15) is 30.4 Å². The summed E-state index contributed by atoms with van der Waals surface area (Å²) >= 11 is 1.36. The van der Waals surface area contributed by atoms with E-state index in [2.05, 4.69) is 60.4 Å². The van der Waals surface area contributed by atoms with E-state index in [9.17, 15) is 4.79 Å². The van der Waals surface area contributed by atoms with Gasteiger partial charge in [0.2, 0.25) is 11.1 Å². The molecule has 1 fully saturated rings. The van der Waals surface area contributed by atoms with Gasteiger partial charge in [0.1, 0.15) is 11.4 Å². The maximum Gasteiger partial charge on any atom is 0.233 e. The van der Waals surface area contributed by atoms with Crippen molar-refractivity contribution >= 4 is 17.7 Å². The van der Waals surface area contributed by atoms with Crippen LogP contribution in [-0.4, -0.2) is 44.8 Å². The summed E-state index contributed by atoms with van der Waals surface area (Å²) in [4.78, 5) is 19.3. The summed E-state index contributed by atoms with van der Waals surface area (Å²) in [6.45, 7) is 5.85. The Bertz CT molecular complexity index is 1010. The van der Waals surface area contributed by atoms with Crippen LogP contribution in [0, 0.1) is 13.8 Å². The smallest absolute Gasteiger partial charge is 0.233 e. The minimum Gasteiger partial charge on any atom is -0.342 e. The molecular weight excluding hydrogens is 392 g/mol. The molecule has 2 heterocycles. The highest BCUT2D eigenvalue weighted by Gasteiger charge is 2.18. The number of aryl methyl sites for hydroxylation is 2. The molecule has 0 spiro atoms. The lowest BCUT2D eigenvalue weighted by Gasteiger charge is -2.26. The third kappa shape index (κ3) is 4.87. The number of hydrogen-bond acceptors (Lipinski definition) is 5. The van der Waals surface area contributed by atoms with Crippen molar-refractivity contribution in [1.82, 2.24) is 20.1 Å². The second-order valence-electron chi connectivity index (χ2n) is 7.75. The predicted molar refractivity (Wildman–Crippen MR) is 121 cm³/mol. The minimum absolute atomic E-state index is 0.155. The van der Waals surface area contributed by atoms with Crippen molar-refractivity contribution in [2.24, 2.45) is 0 Å². The van der Waals surface area contributed by atoms with Crippen LogP contribution in [0.4, 0.5) is 0 Å². The number of rotatable bonds is 5. The number of benzene rings is 2. The fourth-order valence-electron chi connectivity index (χ4n) is 3.55. The number of thioether (sulfide) groups is 1. The standard InChI is InChI=1S/C24H26N4OS/c1-17-6-10-19(11-7-17)22-23(20-12-8-18(2)9-13-20)26-27-24(25-22)30-16-21(29)28-14-4-3-5-15-28/h6-13H,3-5,14-16H2,1-2H3. The van der Waals surface area contributed by atoms with Crippen LogP contribution in [0.25, 0.3) is 22.5 Å². The second-order valence-corrected chi connectivity index (χ2v) is 8.70. The number of aromatic nitrogens is 3. The molecule has 1 amide bonds. The van der Waals surface area contributed by atoms with Gasteiger partial charge >= 0.3 is 0 Å². The van der Waals surface area contributed by atoms with E-state index in [0.717, 1.165) is 48.4 Å². The van der Waals surface area contributed by atoms with Crippen molar-refractivity contribution in [3.05, 3.63) is 59.7 Å². The summed E-state index contributed by atoms with van der Waals surface area (Å²) in [7, 11) is 0. The largest absolute Gasteiger partial charge is 0.342 e. The summed E-state index contributed by atoms with van der Waals surface area (Å²) < 4.78 is 0. The summed E-state index contributed by atoms with van der Waals surface area (Å²) in [5.74, 6) is 0.501. The summed E-state index contributed by atoms with van der Waals surface area (Å²) in [6, 6.07) is 16.5. The van der Waals surface area contributed by atoms with Crippen LogP contribution in [0.15, 0.2) is 53.7 Å². The van der Waals surface area contributed by atoms with Crippen LogP contribution in [0.2, 0.25) is 0 Å². The molecule has 0 aliphatic carbocycles. The van der Waals surface area contributed by atoms with Crippen LogP contribution >= 0.6 is 11.8 Å². The van der Waals surface area contributed by atoms with Crippen molar-refractivity contribution < 1.29 is 4.79 Å². The zero-order chi connectivity index (χ0) is 20.9. The number of amides is 1. The van der Waals surface area contributed by atoms with E-state index >= 15 is 0 Å². The van der Waals surface area contributed by atoms with Crippen molar-refractivity contribution in [1.29, 1.82) is 0 Å².